The van der Waals surface area contributed by atoms with Crippen molar-refractivity contribution >= 4 is 11.8 Å². The Hall–Kier alpha value is -0.550. The molecular formula is C10H17N3OS. The summed E-state index contributed by atoms with van der Waals surface area (Å²) >= 11 is 1.61. The molecule has 1 aliphatic rings. The second-order valence-electron chi connectivity index (χ2n) is 4.02. The Bertz CT molecular complexity index is 311. The Morgan fingerprint density at radius 2 is 2.33 bits per heavy atom. The third-order valence-corrected chi connectivity index (χ3v) is 3.45. The lowest BCUT2D eigenvalue weighted by atomic mass is 10.2. The summed E-state index contributed by atoms with van der Waals surface area (Å²) in [6, 6.07) is 0.662. The number of aryl methyl sites for hydroxylation is 1. The molecule has 5 heteroatoms. The molecule has 0 bridgehead atoms. The van der Waals surface area contributed by atoms with Crippen molar-refractivity contribution in [2.75, 3.05) is 12.3 Å². The average molecular weight is 227 g/mol. The molecule has 1 saturated carbocycles. The van der Waals surface area contributed by atoms with Gasteiger partial charge in [-0.1, -0.05) is 11.8 Å². The summed E-state index contributed by atoms with van der Waals surface area (Å²) in [5, 5.41) is 11.9. The number of rotatable bonds is 6. The number of hydrogen-bond acceptors (Lipinski definition) is 5. The number of nitrogens with one attached hydrogen (secondary N) is 1. The third-order valence-electron chi connectivity index (χ3n) is 2.63. The minimum atomic E-state index is 0.636. The van der Waals surface area contributed by atoms with Crippen molar-refractivity contribution < 1.29 is 4.42 Å². The highest BCUT2D eigenvalue weighted by molar-refractivity contribution is 7.99. The second-order valence-corrected chi connectivity index (χ2v) is 5.06. The van der Waals surface area contributed by atoms with E-state index in [0.717, 1.165) is 18.2 Å². The largest absolute Gasteiger partial charge is 0.416 e. The van der Waals surface area contributed by atoms with Crippen LogP contribution in [0.15, 0.2) is 9.64 Å². The minimum Gasteiger partial charge on any atom is -0.416 e. The molecule has 15 heavy (non-hydrogen) atoms. The number of thioether (sulfide) groups is 1. The number of hydrogen-bond donors (Lipinski definition) is 1. The molecule has 2 rings (SSSR count). The summed E-state index contributed by atoms with van der Waals surface area (Å²) < 4.78 is 5.26. The lowest BCUT2D eigenvalue weighted by molar-refractivity contribution is 0.429. The minimum absolute atomic E-state index is 0.636. The first-order chi connectivity index (χ1) is 7.25. The van der Waals surface area contributed by atoms with Gasteiger partial charge in [0.15, 0.2) is 0 Å². The first-order valence-electron chi connectivity index (χ1n) is 5.42. The topological polar surface area (TPSA) is 51.0 Å². The normalized spacial score (nSPS) is 18.0. The SMILES string of the molecule is Cc1nnc(SCCNC(C)C2CC2)o1. The van der Waals surface area contributed by atoms with E-state index in [1.807, 2.05) is 6.92 Å². The predicted molar refractivity (Wildman–Crippen MR) is 59.9 cm³/mol. The molecular weight excluding hydrogens is 210 g/mol. The van der Waals surface area contributed by atoms with E-state index in [2.05, 4.69) is 22.4 Å². The van der Waals surface area contributed by atoms with Crippen LogP contribution in [0, 0.1) is 12.8 Å². The fourth-order valence-electron chi connectivity index (χ4n) is 1.52. The van der Waals surface area contributed by atoms with Crippen molar-refractivity contribution in [2.24, 2.45) is 5.92 Å². The maximum atomic E-state index is 5.26. The van der Waals surface area contributed by atoms with Gasteiger partial charge in [-0.05, 0) is 25.7 Å². The van der Waals surface area contributed by atoms with E-state index in [1.54, 1.807) is 11.8 Å². The van der Waals surface area contributed by atoms with Crippen LogP contribution in [0.25, 0.3) is 0 Å². The molecule has 0 aliphatic heterocycles. The zero-order valence-corrected chi connectivity index (χ0v) is 10.0. The average Bonchev–Trinajstić information content (AvgIpc) is 2.98. The van der Waals surface area contributed by atoms with Crippen LogP contribution >= 0.6 is 11.8 Å². The van der Waals surface area contributed by atoms with Gasteiger partial charge >= 0.3 is 0 Å². The molecule has 1 fully saturated rings. The van der Waals surface area contributed by atoms with E-state index < -0.39 is 0 Å². The molecule has 0 spiro atoms. The Balaban J connectivity index is 1.58. The number of aromatic nitrogens is 2. The molecule has 0 amide bonds. The molecule has 0 radical (unpaired) electrons. The summed E-state index contributed by atoms with van der Waals surface area (Å²) in [5.41, 5.74) is 0. The maximum Gasteiger partial charge on any atom is 0.276 e. The van der Waals surface area contributed by atoms with E-state index in [4.69, 9.17) is 4.42 Å². The lowest BCUT2D eigenvalue weighted by Crippen LogP contribution is -2.29. The molecule has 1 heterocycles. The molecule has 84 valence electrons. The zero-order chi connectivity index (χ0) is 10.7. The van der Waals surface area contributed by atoms with Gasteiger partial charge in [-0.3, -0.25) is 0 Å². The summed E-state index contributed by atoms with van der Waals surface area (Å²) in [6.07, 6.45) is 2.79. The monoisotopic (exact) mass is 227 g/mol. The second kappa shape index (κ2) is 4.99. The molecule has 0 aromatic carbocycles. The molecule has 1 aromatic rings. The van der Waals surface area contributed by atoms with Crippen LogP contribution in [-0.2, 0) is 0 Å². The van der Waals surface area contributed by atoms with Gasteiger partial charge in [-0.25, -0.2) is 0 Å². The van der Waals surface area contributed by atoms with Crippen molar-refractivity contribution in [1.82, 2.24) is 15.5 Å². The van der Waals surface area contributed by atoms with E-state index in [1.165, 1.54) is 12.8 Å². The van der Waals surface area contributed by atoms with Crippen LogP contribution < -0.4 is 5.32 Å². The van der Waals surface area contributed by atoms with Crippen LogP contribution in [0.4, 0.5) is 0 Å². The van der Waals surface area contributed by atoms with Crippen LogP contribution in [-0.4, -0.2) is 28.5 Å². The van der Waals surface area contributed by atoms with Crippen molar-refractivity contribution in [2.45, 2.75) is 38.0 Å². The molecule has 1 atom stereocenters. The Kier molecular flexibility index (Phi) is 3.64. The van der Waals surface area contributed by atoms with E-state index in [-0.39, 0.29) is 0 Å². The standard InChI is InChI=1S/C10H17N3OS/c1-7(9-3-4-9)11-5-6-15-10-13-12-8(2)14-10/h7,9,11H,3-6H2,1-2H3. The van der Waals surface area contributed by atoms with Crippen LogP contribution in [0.2, 0.25) is 0 Å². The zero-order valence-electron chi connectivity index (χ0n) is 9.19. The number of nitrogens with zero attached hydrogens (tertiary/aromatic N) is 2. The van der Waals surface area contributed by atoms with Crippen LogP contribution in [0.1, 0.15) is 25.7 Å². The first-order valence-corrected chi connectivity index (χ1v) is 6.40. The predicted octanol–water partition coefficient (Wildman–Crippen LogP) is 1.86. The molecule has 4 nitrogen and oxygen atoms in total. The van der Waals surface area contributed by atoms with Crippen LogP contribution in [0.5, 0.6) is 0 Å². The Labute approximate surface area is 94.2 Å². The summed E-state index contributed by atoms with van der Waals surface area (Å²) in [6.45, 7) is 5.08. The fourth-order valence-corrected chi connectivity index (χ4v) is 2.20. The van der Waals surface area contributed by atoms with E-state index >= 15 is 0 Å². The molecule has 0 saturated heterocycles. The lowest BCUT2D eigenvalue weighted by Gasteiger charge is -2.11. The highest BCUT2D eigenvalue weighted by Crippen LogP contribution is 2.32. The highest BCUT2D eigenvalue weighted by atomic mass is 32.2. The van der Waals surface area contributed by atoms with Crippen molar-refractivity contribution in [3.05, 3.63) is 5.89 Å². The van der Waals surface area contributed by atoms with Gasteiger partial charge in [-0.15, -0.1) is 10.2 Å². The Morgan fingerprint density at radius 1 is 1.53 bits per heavy atom. The van der Waals surface area contributed by atoms with Gasteiger partial charge in [0, 0.05) is 25.3 Å². The Morgan fingerprint density at radius 3 is 2.93 bits per heavy atom. The summed E-state index contributed by atoms with van der Waals surface area (Å²) in [4.78, 5) is 0. The first kappa shape index (κ1) is 11.0. The third kappa shape index (κ3) is 3.50. The quantitative estimate of drug-likeness (QED) is 0.594. The van der Waals surface area contributed by atoms with Gasteiger partial charge in [-0.2, -0.15) is 0 Å². The van der Waals surface area contributed by atoms with Crippen LogP contribution in [0.3, 0.4) is 0 Å². The van der Waals surface area contributed by atoms with Gasteiger partial charge in [0.25, 0.3) is 5.22 Å². The van der Waals surface area contributed by atoms with Crippen molar-refractivity contribution in [3.63, 3.8) is 0 Å². The smallest absolute Gasteiger partial charge is 0.276 e. The van der Waals surface area contributed by atoms with Gasteiger partial charge in [0.2, 0.25) is 5.89 Å². The van der Waals surface area contributed by atoms with Gasteiger partial charge in [0.05, 0.1) is 0 Å². The molecule has 1 aliphatic carbocycles. The van der Waals surface area contributed by atoms with Gasteiger partial charge < -0.3 is 9.73 Å². The fraction of sp³-hybridized carbons (Fsp3) is 0.800. The summed E-state index contributed by atoms with van der Waals surface area (Å²) in [5.74, 6) is 2.54. The highest BCUT2D eigenvalue weighted by Gasteiger charge is 2.27. The molecule has 1 N–H and O–H groups in total. The summed E-state index contributed by atoms with van der Waals surface area (Å²) in [7, 11) is 0. The van der Waals surface area contributed by atoms with Gasteiger partial charge in [0.1, 0.15) is 0 Å². The molecule has 1 unspecified atom stereocenters. The molecule has 1 aromatic heterocycles. The van der Waals surface area contributed by atoms with E-state index in [0.29, 0.717) is 17.2 Å². The van der Waals surface area contributed by atoms with Crippen molar-refractivity contribution in [3.8, 4) is 0 Å². The van der Waals surface area contributed by atoms with E-state index in [9.17, 15) is 0 Å². The maximum absolute atomic E-state index is 5.26. The van der Waals surface area contributed by atoms with Crippen molar-refractivity contribution in [1.29, 1.82) is 0 Å².